The molecule has 0 saturated heterocycles. The lowest BCUT2D eigenvalue weighted by atomic mass is 9.95. The highest BCUT2D eigenvalue weighted by Crippen LogP contribution is 2.35. The van der Waals surface area contributed by atoms with Gasteiger partial charge in [0.15, 0.2) is 5.78 Å². The first kappa shape index (κ1) is 20.4. The van der Waals surface area contributed by atoms with E-state index >= 15 is 0 Å². The summed E-state index contributed by atoms with van der Waals surface area (Å²) >= 11 is 8.85. The number of amides is 1. The van der Waals surface area contributed by atoms with Crippen molar-refractivity contribution in [1.29, 1.82) is 0 Å². The molecule has 1 heterocycles. The van der Waals surface area contributed by atoms with E-state index in [1.165, 1.54) is 0 Å². The monoisotopic (exact) mass is 463 g/mol. The normalized spacial score (nSPS) is 12.2. The lowest BCUT2D eigenvalue weighted by Gasteiger charge is -2.14. The summed E-state index contributed by atoms with van der Waals surface area (Å²) in [4.78, 5) is 25.9. The van der Waals surface area contributed by atoms with Gasteiger partial charge in [-0.3, -0.25) is 9.59 Å². The molecule has 0 saturated carbocycles. The molecule has 1 atom stereocenters. The number of halogens is 2. The van der Waals surface area contributed by atoms with Crippen molar-refractivity contribution in [2.75, 3.05) is 0 Å². The van der Waals surface area contributed by atoms with Gasteiger partial charge in [-0.05, 0) is 63.2 Å². The summed E-state index contributed by atoms with van der Waals surface area (Å²) in [6.07, 6.45) is 0. The lowest BCUT2D eigenvalue weighted by molar-refractivity contribution is -0.123. The minimum absolute atomic E-state index is 0.0267. The Bertz CT molecular complexity index is 1030. The van der Waals surface area contributed by atoms with Crippen molar-refractivity contribution >= 4 is 50.5 Å². The minimum Gasteiger partial charge on any atom is -0.459 e. The second kappa shape index (κ2) is 8.37. The maximum Gasteiger partial charge on any atom is 0.230 e. The van der Waals surface area contributed by atoms with E-state index in [0.29, 0.717) is 33.6 Å². The summed E-state index contributed by atoms with van der Waals surface area (Å²) in [6.45, 7) is 5.47. The third-order valence-electron chi connectivity index (χ3n) is 4.33. The van der Waals surface area contributed by atoms with E-state index < -0.39 is 5.92 Å². The van der Waals surface area contributed by atoms with Crippen molar-refractivity contribution in [1.82, 2.24) is 5.32 Å². The molecule has 0 aliphatic rings. The molecule has 3 rings (SSSR count). The first-order valence-corrected chi connectivity index (χ1v) is 9.87. The molecule has 0 bridgehead atoms. The van der Waals surface area contributed by atoms with E-state index in [9.17, 15) is 9.59 Å². The third-order valence-corrected chi connectivity index (χ3v) is 5.03. The molecule has 0 spiro atoms. The number of carbonyl (C=O) groups is 2. The van der Waals surface area contributed by atoms with Crippen molar-refractivity contribution in [3.63, 3.8) is 0 Å². The zero-order valence-electron chi connectivity index (χ0n) is 15.6. The second-order valence-electron chi connectivity index (χ2n) is 6.80. The summed E-state index contributed by atoms with van der Waals surface area (Å²) in [7, 11) is 0. The van der Waals surface area contributed by atoms with Crippen LogP contribution in [0.4, 0.5) is 0 Å². The molecule has 1 amide bonds. The lowest BCUT2D eigenvalue weighted by Crippen LogP contribution is -2.33. The van der Waals surface area contributed by atoms with Gasteiger partial charge < -0.3 is 14.0 Å². The Balaban J connectivity index is 2.17. The van der Waals surface area contributed by atoms with E-state index in [2.05, 4.69) is 21.2 Å². The zero-order valence-corrected chi connectivity index (χ0v) is 17.9. The average Bonchev–Trinajstić information content (AvgIpc) is 3.05. The Labute approximate surface area is 176 Å². The first-order valence-electron chi connectivity index (χ1n) is 8.77. The number of benzene rings is 2. The summed E-state index contributed by atoms with van der Waals surface area (Å²) in [5.41, 5.74) is 1.30. The molecule has 1 N–H and O–H groups in total. The Morgan fingerprint density at radius 1 is 1.11 bits per heavy atom. The van der Waals surface area contributed by atoms with Gasteiger partial charge >= 0.3 is 0 Å². The molecular formula is C21H19BrClNO4. The maximum atomic E-state index is 13.3. The molecule has 146 valence electrons. The average molecular weight is 465 g/mol. The number of hydrogen-bond donors (Lipinski definition) is 1. The Morgan fingerprint density at radius 3 is 2.39 bits per heavy atom. The molecule has 7 heteroatoms. The molecule has 5 nitrogen and oxygen atoms in total. The smallest absolute Gasteiger partial charge is 0.230 e. The standard InChI is InChI=1S/C21H19BrClNO4/c1-11(2)24-21(26)12(3)20-18(19(25)13-4-6-14(22)7-5-13)16-10-15(28-23)8-9-17(16)27-20/h4-12H,1-3H3,(H,24,26). The molecule has 0 aliphatic carbocycles. The first-order chi connectivity index (χ1) is 13.3. The van der Waals surface area contributed by atoms with Crippen molar-refractivity contribution in [2.45, 2.75) is 32.7 Å². The number of carbonyl (C=O) groups excluding carboxylic acids is 2. The van der Waals surface area contributed by atoms with Gasteiger partial charge in [0.1, 0.15) is 29.0 Å². The Hall–Kier alpha value is -2.31. The molecule has 1 unspecified atom stereocenters. The maximum absolute atomic E-state index is 13.3. The summed E-state index contributed by atoms with van der Waals surface area (Å²) in [5, 5.41) is 3.41. The minimum atomic E-state index is -0.649. The van der Waals surface area contributed by atoms with Crippen molar-refractivity contribution in [3.05, 3.63) is 63.8 Å². The van der Waals surface area contributed by atoms with Crippen LogP contribution in [0.5, 0.6) is 5.75 Å². The second-order valence-corrected chi connectivity index (χ2v) is 7.87. The number of rotatable bonds is 6. The highest BCUT2D eigenvalue weighted by atomic mass is 79.9. The van der Waals surface area contributed by atoms with Crippen molar-refractivity contribution in [2.24, 2.45) is 0 Å². The van der Waals surface area contributed by atoms with Crippen LogP contribution in [0.3, 0.4) is 0 Å². The molecular weight excluding hydrogens is 446 g/mol. The predicted octanol–water partition coefficient (Wildman–Crippen LogP) is 5.59. The number of fused-ring (bicyclic) bond motifs is 1. The third kappa shape index (κ3) is 4.08. The van der Waals surface area contributed by atoms with Crippen LogP contribution in [-0.2, 0) is 4.79 Å². The van der Waals surface area contributed by atoms with Crippen LogP contribution in [0.15, 0.2) is 51.4 Å². The molecule has 0 fully saturated rings. The van der Waals surface area contributed by atoms with E-state index in [4.69, 9.17) is 20.6 Å². The number of nitrogens with one attached hydrogen (secondary N) is 1. The number of hydrogen-bond acceptors (Lipinski definition) is 4. The Morgan fingerprint density at radius 2 is 1.79 bits per heavy atom. The predicted molar refractivity (Wildman–Crippen MR) is 112 cm³/mol. The highest BCUT2D eigenvalue weighted by Gasteiger charge is 2.29. The highest BCUT2D eigenvalue weighted by molar-refractivity contribution is 9.10. The van der Waals surface area contributed by atoms with Crippen LogP contribution in [0, 0.1) is 0 Å². The van der Waals surface area contributed by atoms with E-state index in [1.54, 1.807) is 49.4 Å². The van der Waals surface area contributed by atoms with E-state index in [0.717, 1.165) is 4.47 Å². The van der Waals surface area contributed by atoms with Crippen LogP contribution in [-0.4, -0.2) is 17.7 Å². The van der Waals surface area contributed by atoms with Gasteiger partial charge in [0.25, 0.3) is 0 Å². The fraction of sp³-hybridized carbons (Fsp3) is 0.238. The van der Waals surface area contributed by atoms with Crippen LogP contribution in [0.25, 0.3) is 11.0 Å². The number of ketones is 1. The van der Waals surface area contributed by atoms with Crippen LogP contribution >= 0.6 is 27.8 Å². The van der Waals surface area contributed by atoms with Crippen LogP contribution < -0.4 is 9.61 Å². The molecule has 1 aromatic heterocycles. The van der Waals surface area contributed by atoms with Gasteiger partial charge in [-0.25, -0.2) is 0 Å². The number of furan rings is 1. The van der Waals surface area contributed by atoms with Gasteiger partial charge in [-0.15, -0.1) is 0 Å². The summed E-state index contributed by atoms with van der Waals surface area (Å²) in [5.74, 6) is -0.409. The molecule has 0 radical (unpaired) electrons. The largest absolute Gasteiger partial charge is 0.459 e. The van der Waals surface area contributed by atoms with E-state index in [1.807, 2.05) is 13.8 Å². The van der Waals surface area contributed by atoms with Crippen molar-refractivity contribution in [3.8, 4) is 5.75 Å². The molecule has 0 aliphatic heterocycles. The van der Waals surface area contributed by atoms with Gasteiger partial charge in [-0.1, -0.05) is 15.9 Å². The fourth-order valence-corrected chi connectivity index (χ4v) is 3.32. The summed E-state index contributed by atoms with van der Waals surface area (Å²) in [6, 6.07) is 11.9. The zero-order chi connectivity index (χ0) is 20.4. The molecule has 28 heavy (non-hydrogen) atoms. The van der Waals surface area contributed by atoms with Gasteiger partial charge in [0.05, 0.1) is 11.5 Å². The van der Waals surface area contributed by atoms with E-state index in [-0.39, 0.29) is 17.7 Å². The van der Waals surface area contributed by atoms with Crippen molar-refractivity contribution < 1.29 is 18.3 Å². The topological polar surface area (TPSA) is 68.5 Å². The summed E-state index contributed by atoms with van der Waals surface area (Å²) < 4.78 is 11.6. The quantitative estimate of drug-likeness (QED) is 0.483. The van der Waals surface area contributed by atoms with Crippen LogP contribution in [0.1, 0.15) is 48.4 Å². The van der Waals surface area contributed by atoms with Gasteiger partial charge in [-0.2, -0.15) is 0 Å². The molecule has 3 aromatic rings. The molecule has 2 aromatic carbocycles. The van der Waals surface area contributed by atoms with Gasteiger partial charge in [0.2, 0.25) is 5.91 Å². The SMILES string of the molecule is CC(C)NC(=O)C(C)c1oc2ccc(OCl)cc2c1C(=O)c1ccc(Br)cc1. The Kier molecular flexibility index (Phi) is 6.10. The fourth-order valence-electron chi connectivity index (χ4n) is 2.96. The van der Waals surface area contributed by atoms with Crippen LogP contribution in [0.2, 0.25) is 0 Å². The van der Waals surface area contributed by atoms with Gasteiger partial charge in [0, 0.05) is 21.5 Å².